The number of hydrogen-bond donors (Lipinski definition) is 0. The molecule has 1 saturated heterocycles. The minimum atomic E-state index is -0.0368. The van der Waals surface area contributed by atoms with Crippen LogP contribution >= 0.6 is 22.7 Å². The van der Waals surface area contributed by atoms with Crippen molar-refractivity contribution in [3.8, 4) is 0 Å². The summed E-state index contributed by atoms with van der Waals surface area (Å²) < 4.78 is 1.60. The van der Waals surface area contributed by atoms with E-state index in [1.807, 2.05) is 30.2 Å². The molecule has 0 aliphatic carbocycles. The molecule has 1 aliphatic heterocycles. The third-order valence-electron chi connectivity index (χ3n) is 4.11. The fraction of sp³-hybridized carbons (Fsp3) is 0.467. The van der Waals surface area contributed by atoms with Gasteiger partial charge in [0.25, 0.3) is 0 Å². The summed E-state index contributed by atoms with van der Waals surface area (Å²) in [7, 11) is 0. The molecule has 0 saturated carbocycles. The summed E-state index contributed by atoms with van der Waals surface area (Å²) in [6, 6.07) is 4.30. The first kappa shape index (κ1) is 14.5. The van der Waals surface area contributed by atoms with Crippen LogP contribution in [0.5, 0.6) is 0 Å². The van der Waals surface area contributed by atoms with Gasteiger partial charge in [-0.2, -0.15) is 0 Å². The largest absolute Gasteiger partial charge is 0.333 e. The lowest BCUT2D eigenvalue weighted by molar-refractivity contribution is -0.132. The molecule has 1 unspecified atom stereocenters. The van der Waals surface area contributed by atoms with E-state index >= 15 is 0 Å². The van der Waals surface area contributed by atoms with Crippen molar-refractivity contribution in [1.29, 1.82) is 0 Å². The Kier molecular flexibility index (Phi) is 3.99. The minimum Gasteiger partial charge on any atom is -0.333 e. The summed E-state index contributed by atoms with van der Waals surface area (Å²) in [5, 5.41) is 2.05. The first-order chi connectivity index (χ1) is 10.1. The van der Waals surface area contributed by atoms with E-state index in [0.29, 0.717) is 0 Å². The van der Waals surface area contributed by atoms with E-state index in [1.54, 1.807) is 15.9 Å². The second-order valence-corrected chi connectivity index (χ2v) is 7.50. The molecule has 3 rings (SSSR count). The number of amides is 1. The summed E-state index contributed by atoms with van der Waals surface area (Å²) in [5.74, 6) is 0.0499. The molecule has 0 spiro atoms. The molecule has 1 atom stereocenters. The molecule has 1 aliphatic rings. The van der Waals surface area contributed by atoms with Gasteiger partial charge in [0.15, 0.2) is 0 Å². The lowest BCUT2D eigenvalue weighted by Crippen LogP contribution is -2.35. The van der Waals surface area contributed by atoms with Crippen LogP contribution in [0.25, 0.3) is 0 Å². The number of carbonyl (C=O) groups is 1. The van der Waals surface area contributed by atoms with Crippen LogP contribution in [-0.4, -0.2) is 21.9 Å². The van der Waals surface area contributed by atoms with E-state index in [2.05, 4.69) is 6.07 Å². The lowest BCUT2D eigenvalue weighted by Gasteiger charge is -2.24. The van der Waals surface area contributed by atoms with E-state index < -0.39 is 0 Å². The number of carbonyl (C=O) groups excluding carboxylic acids is 1. The first-order valence-corrected chi connectivity index (χ1v) is 8.77. The van der Waals surface area contributed by atoms with E-state index in [4.69, 9.17) is 0 Å². The number of nitrogens with zero attached hydrogens (tertiary/aromatic N) is 2. The Bertz CT molecular complexity index is 700. The summed E-state index contributed by atoms with van der Waals surface area (Å²) in [4.78, 5) is 28.7. The van der Waals surface area contributed by atoms with Gasteiger partial charge in [0, 0.05) is 22.0 Å². The molecule has 1 amide bonds. The van der Waals surface area contributed by atoms with E-state index in [1.165, 1.54) is 16.2 Å². The summed E-state index contributed by atoms with van der Waals surface area (Å²) in [6.45, 7) is 4.78. The Morgan fingerprint density at radius 1 is 1.43 bits per heavy atom. The average Bonchev–Trinajstić information content (AvgIpc) is 3.15. The van der Waals surface area contributed by atoms with Gasteiger partial charge in [-0.05, 0) is 38.1 Å². The van der Waals surface area contributed by atoms with Crippen molar-refractivity contribution in [3.63, 3.8) is 0 Å². The van der Waals surface area contributed by atoms with Crippen molar-refractivity contribution in [2.45, 2.75) is 39.3 Å². The van der Waals surface area contributed by atoms with Gasteiger partial charge in [0.05, 0.1) is 6.04 Å². The average molecular weight is 322 g/mol. The second-order valence-electron chi connectivity index (χ2n) is 5.36. The van der Waals surface area contributed by atoms with Gasteiger partial charge in [-0.1, -0.05) is 17.4 Å². The number of thiazole rings is 1. The van der Waals surface area contributed by atoms with Gasteiger partial charge in [0.2, 0.25) is 5.91 Å². The highest BCUT2D eigenvalue weighted by atomic mass is 32.1. The molecule has 6 heteroatoms. The maximum atomic E-state index is 12.6. The van der Waals surface area contributed by atoms with Gasteiger partial charge in [-0.25, -0.2) is 0 Å². The van der Waals surface area contributed by atoms with Crippen LogP contribution in [-0.2, 0) is 11.3 Å². The molecular formula is C15H18N2O2S2. The molecule has 112 valence electrons. The molecule has 2 aromatic heterocycles. The molecule has 0 N–H and O–H groups in total. The molecular weight excluding hydrogens is 304 g/mol. The molecule has 2 aromatic rings. The van der Waals surface area contributed by atoms with E-state index in [-0.39, 0.29) is 23.4 Å². The van der Waals surface area contributed by atoms with Crippen LogP contribution in [0.1, 0.15) is 34.3 Å². The first-order valence-electron chi connectivity index (χ1n) is 7.07. The van der Waals surface area contributed by atoms with Gasteiger partial charge in [-0.3, -0.25) is 14.2 Å². The quantitative estimate of drug-likeness (QED) is 0.872. The Hall–Kier alpha value is -1.40. The number of thiophene rings is 1. The van der Waals surface area contributed by atoms with Crippen molar-refractivity contribution < 1.29 is 4.79 Å². The van der Waals surface area contributed by atoms with Crippen LogP contribution in [0, 0.1) is 13.8 Å². The second kappa shape index (κ2) is 5.77. The van der Waals surface area contributed by atoms with Crippen LogP contribution < -0.4 is 4.87 Å². The van der Waals surface area contributed by atoms with Gasteiger partial charge in [-0.15, -0.1) is 11.3 Å². The SMILES string of the molecule is Cc1sc(=O)n(CC(=O)N2CCCC2c2cccs2)c1C. The minimum absolute atomic E-state index is 0.0368. The fourth-order valence-electron chi connectivity index (χ4n) is 2.84. The molecule has 21 heavy (non-hydrogen) atoms. The highest BCUT2D eigenvalue weighted by molar-refractivity contribution is 7.10. The van der Waals surface area contributed by atoms with E-state index in [0.717, 1.165) is 30.0 Å². The molecule has 4 nitrogen and oxygen atoms in total. The standard InChI is InChI=1S/C15H18N2O2S2/c1-10-11(2)21-15(19)17(10)9-14(18)16-7-3-5-12(16)13-6-4-8-20-13/h4,6,8,12H,3,5,7,9H2,1-2H3. The molecule has 1 fully saturated rings. The normalized spacial score (nSPS) is 18.4. The highest BCUT2D eigenvalue weighted by Gasteiger charge is 2.31. The van der Waals surface area contributed by atoms with E-state index in [9.17, 15) is 9.59 Å². The number of aromatic nitrogens is 1. The topological polar surface area (TPSA) is 42.3 Å². The van der Waals surface area contributed by atoms with Crippen molar-refractivity contribution in [3.05, 3.63) is 42.6 Å². The van der Waals surface area contributed by atoms with Gasteiger partial charge < -0.3 is 4.90 Å². The molecule has 0 radical (unpaired) electrons. The summed E-state index contributed by atoms with van der Waals surface area (Å²) in [6.07, 6.45) is 2.05. The third-order valence-corrected chi connectivity index (χ3v) is 6.08. The molecule has 0 bridgehead atoms. The zero-order chi connectivity index (χ0) is 15.0. The summed E-state index contributed by atoms with van der Waals surface area (Å²) in [5.41, 5.74) is 0.908. The number of rotatable bonds is 3. The Morgan fingerprint density at radius 3 is 2.86 bits per heavy atom. The van der Waals surface area contributed by atoms with Gasteiger partial charge >= 0.3 is 4.87 Å². The smallest absolute Gasteiger partial charge is 0.308 e. The summed E-state index contributed by atoms with van der Waals surface area (Å²) >= 11 is 2.92. The van der Waals surface area contributed by atoms with Gasteiger partial charge in [0.1, 0.15) is 6.54 Å². The fourth-order valence-corrected chi connectivity index (χ4v) is 4.54. The predicted octanol–water partition coefficient (Wildman–Crippen LogP) is 2.95. The van der Waals surface area contributed by atoms with Crippen LogP contribution in [0.3, 0.4) is 0 Å². The van der Waals surface area contributed by atoms with Crippen LogP contribution in [0.2, 0.25) is 0 Å². The maximum Gasteiger partial charge on any atom is 0.308 e. The zero-order valence-corrected chi connectivity index (χ0v) is 13.8. The van der Waals surface area contributed by atoms with Crippen molar-refractivity contribution in [2.24, 2.45) is 0 Å². The predicted molar refractivity (Wildman–Crippen MR) is 86.1 cm³/mol. The number of hydrogen-bond acceptors (Lipinski definition) is 4. The third kappa shape index (κ3) is 2.70. The van der Waals surface area contributed by atoms with Crippen molar-refractivity contribution in [2.75, 3.05) is 6.54 Å². The lowest BCUT2D eigenvalue weighted by atomic mass is 10.2. The molecule has 0 aromatic carbocycles. The zero-order valence-electron chi connectivity index (χ0n) is 12.2. The van der Waals surface area contributed by atoms with Crippen molar-refractivity contribution in [1.82, 2.24) is 9.47 Å². The monoisotopic (exact) mass is 322 g/mol. The maximum absolute atomic E-state index is 12.6. The Labute approximate surface area is 131 Å². The Morgan fingerprint density at radius 2 is 2.24 bits per heavy atom. The Balaban J connectivity index is 1.80. The highest BCUT2D eigenvalue weighted by Crippen LogP contribution is 2.34. The number of aryl methyl sites for hydroxylation is 1. The molecule has 3 heterocycles. The van der Waals surface area contributed by atoms with Crippen LogP contribution in [0.4, 0.5) is 0 Å². The van der Waals surface area contributed by atoms with Crippen molar-refractivity contribution >= 4 is 28.6 Å². The number of likely N-dealkylation sites (tertiary alicyclic amines) is 1. The van der Waals surface area contributed by atoms with Crippen LogP contribution in [0.15, 0.2) is 22.3 Å².